The van der Waals surface area contributed by atoms with E-state index in [2.05, 4.69) is 13.8 Å². The molecule has 1 amide bonds. The minimum absolute atomic E-state index is 0.411. The van der Waals surface area contributed by atoms with Crippen LogP contribution in [0.1, 0.15) is 49.9 Å². The highest BCUT2D eigenvalue weighted by molar-refractivity contribution is 6.54. The van der Waals surface area contributed by atoms with Crippen LogP contribution in [0.15, 0.2) is 18.2 Å². The molecule has 0 aromatic heterocycles. The predicted molar refractivity (Wildman–Crippen MR) is 81.4 cm³/mol. The fourth-order valence-electron chi connectivity index (χ4n) is 2.66. The quantitative estimate of drug-likeness (QED) is 0.741. The van der Waals surface area contributed by atoms with E-state index < -0.39 is 11.7 Å². The minimum Gasteiger partial charge on any atom is -0.303 e. The van der Waals surface area contributed by atoms with Crippen molar-refractivity contribution in [2.24, 2.45) is 5.92 Å². The molecule has 2 rings (SSSR count). The van der Waals surface area contributed by atoms with Crippen molar-refractivity contribution in [1.29, 1.82) is 0 Å². The molecule has 0 bridgehead atoms. The number of anilines is 1. The van der Waals surface area contributed by atoms with Gasteiger partial charge in [-0.15, -0.1) is 0 Å². The van der Waals surface area contributed by atoms with Gasteiger partial charge in [0.15, 0.2) is 0 Å². The first-order valence-corrected chi connectivity index (χ1v) is 7.62. The van der Waals surface area contributed by atoms with Crippen molar-refractivity contribution in [1.82, 2.24) is 0 Å². The van der Waals surface area contributed by atoms with Crippen LogP contribution in [0.4, 0.5) is 5.69 Å². The van der Waals surface area contributed by atoms with E-state index in [1.54, 1.807) is 23.1 Å². The van der Waals surface area contributed by atoms with Gasteiger partial charge in [0.2, 0.25) is 0 Å². The van der Waals surface area contributed by atoms with Crippen molar-refractivity contribution in [2.45, 2.75) is 39.5 Å². The highest BCUT2D eigenvalue weighted by Gasteiger charge is 2.37. The Labute approximate surface area is 124 Å². The summed E-state index contributed by atoms with van der Waals surface area (Å²) in [4.78, 5) is 25.7. The molecule has 3 nitrogen and oxygen atoms in total. The van der Waals surface area contributed by atoms with Crippen molar-refractivity contribution in [3.05, 3.63) is 28.8 Å². The average Bonchev–Trinajstić information content (AvgIpc) is 2.69. The predicted octanol–water partition coefficient (Wildman–Crippen LogP) is 4.09. The third-order valence-electron chi connectivity index (χ3n) is 3.92. The number of hydrogen-bond acceptors (Lipinski definition) is 2. The first kappa shape index (κ1) is 15.0. The smallest absolute Gasteiger partial charge is 0.299 e. The largest absolute Gasteiger partial charge is 0.303 e. The molecule has 1 aliphatic heterocycles. The second-order valence-corrected chi connectivity index (χ2v) is 5.70. The Kier molecular flexibility index (Phi) is 4.81. The van der Waals surface area contributed by atoms with Crippen LogP contribution in [0.2, 0.25) is 5.02 Å². The summed E-state index contributed by atoms with van der Waals surface area (Å²) in [7, 11) is 0. The second kappa shape index (κ2) is 6.40. The van der Waals surface area contributed by atoms with E-state index in [-0.39, 0.29) is 0 Å². The van der Waals surface area contributed by atoms with Crippen LogP contribution in [-0.2, 0) is 4.79 Å². The summed E-state index contributed by atoms with van der Waals surface area (Å²) in [6.07, 6.45) is 4.35. The van der Waals surface area contributed by atoms with Gasteiger partial charge in [0.1, 0.15) is 0 Å². The van der Waals surface area contributed by atoms with Crippen LogP contribution in [0.5, 0.6) is 0 Å². The zero-order valence-electron chi connectivity index (χ0n) is 12.0. The number of hydrogen-bond donors (Lipinski definition) is 0. The molecule has 1 aliphatic rings. The molecule has 0 aliphatic carbocycles. The highest BCUT2D eigenvalue weighted by Crippen LogP contribution is 2.36. The van der Waals surface area contributed by atoms with Crippen LogP contribution in [-0.4, -0.2) is 18.2 Å². The molecule has 1 unspecified atom stereocenters. The summed E-state index contributed by atoms with van der Waals surface area (Å²) >= 11 is 6.18. The Morgan fingerprint density at radius 3 is 2.65 bits per heavy atom. The summed E-state index contributed by atoms with van der Waals surface area (Å²) in [5.41, 5.74) is 1.03. The molecule has 1 heterocycles. The zero-order valence-corrected chi connectivity index (χ0v) is 12.7. The van der Waals surface area contributed by atoms with E-state index in [0.29, 0.717) is 28.7 Å². The van der Waals surface area contributed by atoms with Crippen molar-refractivity contribution in [2.75, 3.05) is 11.4 Å². The molecule has 20 heavy (non-hydrogen) atoms. The lowest BCUT2D eigenvalue weighted by Crippen LogP contribution is -2.34. The van der Waals surface area contributed by atoms with Gasteiger partial charge in [0.05, 0.1) is 16.3 Å². The fourth-order valence-corrected chi connectivity index (χ4v) is 2.94. The molecule has 0 saturated heterocycles. The monoisotopic (exact) mass is 293 g/mol. The van der Waals surface area contributed by atoms with Crippen LogP contribution >= 0.6 is 11.6 Å². The molecular formula is C16H20ClNO2. The number of unbranched alkanes of at least 4 members (excludes halogenated alkanes) is 1. The normalized spacial score (nSPS) is 15.7. The lowest BCUT2D eigenvalue weighted by atomic mass is 9.98. The van der Waals surface area contributed by atoms with Crippen LogP contribution in [0, 0.1) is 5.92 Å². The van der Waals surface area contributed by atoms with Crippen molar-refractivity contribution >= 4 is 29.0 Å². The molecule has 1 aromatic rings. The zero-order chi connectivity index (χ0) is 14.7. The Morgan fingerprint density at radius 1 is 1.25 bits per heavy atom. The number of carbonyl (C=O) groups excluding carboxylic acids is 2. The molecule has 1 aromatic carbocycles. The molecule has 0 radical (unpaired) electrons. The van der Waals surface area contributed by atoms with Gasteiger partial charge < -0.3 is 4.90 Å². The van der Waals surface area contributed by atoms with Gasteiger partial charge in [0.25, 0.3) is 11.7 Å². The number of fused-ring (bicyclic) bond motifs is 1. The Morgan fingerprint density at radius 2 is 2.00 bits per heavy atom. The van der Waals surface area contributed by atoms with E-state index in [9.17, 15) is 9.59 Å². The van der Waals surface area contributed by atoms with Crippen molar-refractivity contribution in [3.63, 3.8) is 0 Å². The summed E-state index contributed by atoms with van der Waals surface area (Å²) < 4.78 is 0. The number of halogens is 1. The van der Waals surface area contributed by atoms with Gasteiger partial charge >= 0.3 is 0 Å². The molecule has 0 N–H and O–H groups in total. The number of rotatable bonds is 6. The summed E-state index contributed by atoms with van der Waals surface area (Å²) in [5, 5.41) is 0.479. The number of benzene rings is 1. The SMILES string of the molecule is CCCCC(CC)CN1C(=O)C(=O)c2cccc(Cl)c21. The first-order valence-electron chi connectivity index (χ1n) is 7.24. The highest BCUT2D eigenvalue weighted by atomic mass is 35.5. The molecule has 4 heteroatoms. The van der Waals surface area contributed by atoms with E-state index in [1.807, 2.05) is 0 Å². The van der Waals surface area contributed by atoms with Crippen molar-refractivity contribution < 1.29 is 9.59 Å². The number of para-hydroxylation sites is 1. The number of ketones is 1. The lowest BCUT2D eigenvalue weighted by molar-refractivity contribution is -0.114. The summed E-state index contributed by atoms with van der Waals surface area (Å²) in [6, 6.07) is 5.12. The van der Waals surface area contributed by atoms with Gasteiger partial charge in [-0.2, -0.15) is 0 Å². The number of Topliss-reactive ketones (excluding diaryl/α,β-unsaturated/α-hetero) is 1. The van der Waals surface area contributed by atoms with E-state index in [0.717, 1.165) is 25.7 Å². The maximum absolute atomic E-state index is 12.2. The number of amides is 1. The third kappa shape index (κ3) is 2.73. The Hall–Kier alpha value is -1.35. The van der Waals surface area contributed by atoms with Crippen molar-refractivity contribution in [3.8, 4) is 0 Å². The average molecular weight is 294 g/mol. The van der Waals surface area contributed by atoms with Gasteiger partial charge in [-0.1, -0.05) is 50.8 Å². The van der Waals surface area contributed by atoms with Crippen LogP contribution < -0.4 is 4.90 Å². The van der Waals surface area contributed by atoms with Gasteiger partial charge in [-0.3, -0.25) is 9.59 Å². The first-order chi connectivity index (χ1) is 9.60. The van der Waals surface area contributed by atoms with Crippen LogP contribution in [0.3, 0.4) is 0 Å². The molecule has 1 atom stereocenters. The maximum Gasteiger partial charge on any atom is 0.299 e. The molecule has 0 fully saturated rings. The van der Waals surface area contributed by atoms with E-state index >= 15 is 0 Å². The van der Waals surface area contributed by atoms with E-state index in [1.165, 1.54) is 0 Å². The van der Waals surface area contributed by atoms with Gasteiger partial charge in [0, 0.05) is 6.54 Å². The molecule has 0 spiro atoms. The fraction of sp³-hybridized carbons (Fsp3) is 0.500. The molecule has 0 saturated carbocycles. The van der Waals surface area contributed by atoms with E-state index in [4.69, 9.17) is 11.6 Å². The van der Waals surface area contributed by atoms with Crippen LogP contribution in [0.25, 0.3) is 0 Å². The number of nitrogens with zero attached hydrogens (tertiary/aromatic N) is 1. The molecule has 108 valence electrons. The standard InChI is InChI=1S/C16H20ClNO2/c1-3-5-7-11(4-2)10-18-14-12(15(19)16(18)20)8-6-9-13(14)17/h6,8-9,11H,3-5,7,10H2,1-2H3. The van der Waals surface area contributed by atoms with Gasteiger partial charge in [-0.25, -0.2) is 0 Å². The summed E-state index contributed by atoms with van der Waals surface area (Å²) in [5.74, 6) is -0.468. The maximum atomic E-state index is 12.2. The molecular weight excluding hydrogens is 274 g/mol. The number of carbonyl (C=O) groups is 2. The van der Waals surface area contributed by atoms with Gasteiger partial charge in [-0.05, 0) is 24.5 Å². The third-order valence-corrected chi connectivity index (χ3v) is 4.23. The minimum atomic E-state index is -0.442. The topological polar surface area (TPSA) is 37.4 Å². The summed E-state index contributed by atoms with van der Waals surface area (Å²) in [6.45, 7) is 4.86. The lowest BCUT2D eigenvalue weighted by Gasteiger charge is -2.23. The Balaban J connectivity index is 2.25. The second-order valence-electron chi connectivity index (χ2n) is 5.30. The Bertz CT molecular complexity index is 527.